The Bertz CT molecular complexity index is 1200. The van der Waals surface area contributed by atoms with Crippen molar-refractivity contribution >= 4 is 17.0 Å². The third-order valence-corrected chi connectivity index (χ3v) is 4.96. The Labute approximate surface area is 172 Å². The number of fused-ring (bicyclic) bond motifs is 1. The molecule has 1 amide bonds. The van der Waals surface area contributed by atoms with Crippen molar-refractivity contribution in [1.29, 1.82) is 0 Å². The molecule has 30 heavy (non-hydrogen) atoms. The second-order valence-corrected chi connectivity index (χ2v) is 7.50. The molecular weight excluding hydrogens is 385 g/mol. The monoisotopic (exact) mass is 407 g/mol. The zero-order chi connectivity index (χ0) is 21.3. The van der Waals surface area contributed by atoms with Crippen molar-refractivity contribution in [2.24, 2.45) is 5.92 Å². The summed E-state index contributed by atoms with van der Waals surface area (Å²) in [6.07, 6.45) is 1.76. The van der Waals surface area contributed by atoms with E-state index in [-0.39, 0.29) is 23.4 Å². The lowest BCUT2D eigenvalue weighted by Gasteiger charge is -2.14. The van der Waals surface area contributed by atoms with Crippen LogP contribution in [0.2, 0.25) is 0 Å². The summed E-state index contributed by atoms with van der Waals surface area (Å²) < 4.78 is 20.6. The molecule has 3 aromatic heterocycles. The van der Waals surface area contributed by atoms with Crippen molar-refractivity contribution in [3.05, 3.63) is 65.4 Å². The number of benzene rings is 1. The molecule has 0 aliphatic carbocycles. The average molecular weight is 407 g/mol. The minimum Gasteiger partial charge on any atom is -0.352 e. The van der Waals surface area contributed by atoms with E-state index in [1.807, 2.05) is 17.7 Å². The molecule has 4 aromatic rings. The van der Waals surface area contributed by atoms with E-state index in [0.717, 1.165) is 5.69 Å². The highest BCUT2D eigenvalue weighted by Gasteiger charge is 2.21. The van der Waals surface area contributed by atoms with E-state index in [0.29, 0.717) is 41.0 Å². The number of aryl methyl sites for hydroxylation is 2. The molecule has 0 aliphatic heterocycles. The van der Waals surface area contributed by atoms with Gasteiger partial charge in [0.1, 0.15) is 11.5 Å². The standard InChI is InChI=1S/C22H22FN5O2/c1-13(12-28-15(3)8-9-25-28)11-24-21(29)18-10-14(2)26-22-19(18)20(27-30-22)16-4-6-17(23)7-5-16/h4-10,13H,11-12H2,1-3H3,(H,24,29). The van der Waals surface area contributed by atoms with E-state index in [9.17, 15) is 9.18 Å². The van der Waals surface area contributed by atoms with E-state index >= 15 is 0 Å². The van der Waals surface area contributed by atoms with Gasteiger partial charge in [-0.1, -0.05) is 12.1 Å². The number of carbonyl (C=O) groups is 1. The molecule has 0 spiro atoms. The second kappa shape index (κ2) is 8.06. The highest BCUT2D eigenvalue weighted by Crippen LogP contribution is 2.30. The van der Waals surface area contributed by atoms with E-state index in [1.165, 1.54) is 12.1 Å². The van der Waals surface area contributed by atoms with E-state index in [2.05, 4.69) is 27.5 Å². The summed E-state index contributed by atoms with van der Waals surface area (Å²) in [7, 11) is 0. The minimum atomic E-state index is -0.347. The molecule has 1 aromatic carbocycles. The van der Waals surface area contributed by atoms with Gasteiger partial charge in [-0.25, -0.2) is 9.37 Å². The first-order valence-electron chi connectivity index (χ1n) is 9.72. The van der Waals surface area contributed by atoms with Crippen LogP contribution in [0, 0.1) is 25.6 Å². The average Bonchev–Trinajstić information content (AvgIpc) is 3.32. The quantitative estimate of drug-likeness (QED) is 0.524. The fraction of sp³-hybridized carbons (Fsp3) is 0.273. The van der Waals surface area contributed by atoms with Crippen molar-refractivity contribution in [3.8, 4) is 11.3 Å². The van der Waals surface area contributed by atoms with Crippen LogP contribution in [0.1, 0.15) is 28.7 Å². The SMILES string of the molecule is Cc1cc(C(=O)NCC(C)Cn2nccc2C)c2c(-c3ccc(F)cc3)noc2n1. The molecule has 0 radical (unpaired) electrons. The first-order valence-corrected chi connectivity index (χ1v) is 9.72. The lowest BCUT2D eigenvalue weighted by molar-refractivity contribution is 0.0948. The van der Waals surface area contributed by atoms with Gasteiger partial charge in [0.05, 0.1) is 10.9 Å². The maximum atomic E-state index is 13.3. The molecule has 4 rings (SSSR count). The molecule has 154 valence electrons. The van der Waals surface area contributed by atoms with Gasteiger partial charge < -0.3 is 9.84 Å². The van der Waals surface area contributed by atoms with Crippen LogP contribution in [0.15, 0.2) is 47.1 Å². The number of aromatic nitrogens is 4. The molecule has 0 saturated heterocycles. The summed E-state index contributed by atoms with van der Waals surface area (Å²) in [6.45, 7) is 7.03. The highest BCUT2D eigenvalue weighted by atomic mass is 19.1. The Morgan fingerprint density at radius 2 is 2.00 bits per heavy atom. The number of carbonyl (C=O) groups excluding carboxylic acids is 1. The topological polar surface area (TPSA) is 85.8 Å². The van der Waals surface area contributed by atoms with Crippen LogP contribution in [-0.2, 0) is 6.54 Å². The summed E-state index contributed by atoms with van der Waals surface area (Å²) >= 11 is 0. The van der Waals surface area contributed by atoms with Crippen LogP contribution in [0.5, 0.6) is 0 Å². The Kier molecular flexibility index (Phi) is 5.31. The van der Waals surface area contributed by atoms with Crippen LogP contribution in [-0.4, -0.2) is 32.4 Å². The summed E-state index contributed by atoms with van der Waals surface area (Å²) in [5.74, 6) is -0.397. The Morgan fingerprint density at radius 3 is 2.70 bits per heavy atom. The fourth-order valence-corrected chi connectivity index (χ4v) is 3.37. The molecule has 0 fully saturated rings. The Balaban J connectivity index is 1.59. The number of hydrogen-bond donors (Lipinski definition) is 1. The van der Waals surface area contributed by atoms with Crippen molar-refractivity contribution in [1.82, 2.24) is 25.2 Å². The van der Waals surface area contributed by atoms with Gasteiger partial charge in [0, 0.05) is 36.2 Å². The van der Waals surface area contributed by atoms with Gasteiger partial charge in [-0.2, -0.15) is 5.10 Å². The maximum absolute atomic E-state index is 13.3. The number of rotatable bonds is 6. The smallest absolute Gasteiger partial charge is 0.259 e. The third-order valence-electron chi connectivity index (χ3n) is 4.96. The van der Waals surface area contributed by atoms with Gasteiger partial charge in [0.25, 0.3) is 11.6 Å². The molecule has 8 heteroatoms. The van der Waals surface area contributed by atoms with Gasteiger partial charge in [0.15, 0.2) is 0 Å². The first-order chi connectivity index (χ1) is 14.4. The maximum Gasteiger partial charge on any atom is 0.259 e. The normalized spacial score (nSPS) is 12.3. The lowest BCUT2D eigenvalue weighted by Crippen LogP contribution is -2.30. The zero-order valence-corrected chi connectivity index (χ0v) is 17.0. The van der Waals surface area contributed by atoms with Gasteiger partial charge in [-0.3, -0.25) is 9.48 Å². The number of halogens is 1. The van der Waals surface area contributed by atoms with Gasteiger partial charge in [-0.15, -0.1) is 0 Å². The second-order valence-electron chi connectivity index (χ2n) is 7.50. The molecule has 0 saturated carbocycles. The highest BCUT2D eigenvalue weighted by molar-refractivity contribution is 6.09. The van der Waals surface area contributed by atoms with Crippen LogP contribution < -0.4 is 5.32 Å². The van der Waals surface area contributed by atoms with E-state index in [1.54, 1.807) is 31.3 Å². The number of amides is 1. The van der Waals surface area contributed by atoms with Crippen LogP contribution >= 0.6 is 0 Å². The predicted octanol–water partition coefficient (Wildman–Crippen LogP) is 3.91. The molecule has 1 N–H and O–H groups in total. The third kappa shape index (κ3) is 3.94. The molecular formula is C22H22FN5O2. The van der Waals surface area contributed by atoms with Crippen LogP contribution in [0.25, 0.3) is 22.4 Å². The summed E-state index contributed by atoms with van der Waals surface area (Å²) in [5, 5.41) is 11.9. The number of pyridine rings is 1. The lowest BCUT2D eigenvalue weighted by atomic mass is 10.0. The largest absolute Gasteiger partial charge is 0.352 e. The molecule has 1 unspecified atom stereocenters. The van der Waals surface area contributed by atoms with Crippen LogP contribution in [0.3, 0.4) is 0 Å². The number of hydrogen-bond acceptors (Lipinski definition) is 5. The molecule has 3 heterocycles. The zero-order valence-electron chi connectivity index (χ0n) is 17.0. The number of nitrogens with zero attached hydrogens (tertiary/aromatic N) is 4. The molecule has 1 atom stereocenters. The molecule has 7 nitrogen and oxygen atoms in total. The fourth-order valence-electron chi connectivity index (χ4n) is 3.37. The first kappa shape index (κ1) is 19.8. The van der Waals surface area contributed by atoms with Gasteiger partial charge >= 0.3 is 0 Å². The van der Waals surface area contributed by atoms with Crippen LogP contribution in [0.4, 0.5) is 4.39 Å². The van der Waals surface area contributed by atoms with Crippen molar-refractivity contribution in [2.75, 3.05) is 6.54 Å². The van der Waals surface area contributed by atoms with Gasteiger partial charge in [-0.05, 0) is 56.2 Å². The van der Waals surface area contributed by atoms with E-state index < -0.39 is 0 Å². The Morgan fingerprint density at radius 1 is 1.23 bits per heavy atom. The van der Waals surface area contributed by atoms with Crippen molar-refractivity contribution in [3.63, 3.8) is 0 Å². The van der Waals surface area contributed by atoms with E-state index in [4.69, 9.17) is 4.52 Å². The predicted molar refractivity (Wildman–Crippen MR) is 110 cm³/mol. The molecule has 0 aliphatic rings. The summed E-state index contributed by atoms with van der Waals surface area (Å²) in [6, 6.07) is 9.55. The molecule has 0 bridgehead atoms. The van der Waals surface area contributed by atoms with Gasteiger partial charge in [0.2, 0.25) is 0 Å². The summed E-state index contributed by atoms with van der Waals surface area (Å²) in [5.41, 5.74) is 3.54. The minimum absolute atomic E-state index is 0.185. The Hall–Kier alpha value is -3.55. The van der Waals surface area contributed by atoms with Crippen molar-refractivity contribution in [2.45, 2.75) is 27.3 Å². The van der Waals surface area contributed by atoms with Crippen molar-refractivity contribution < 1.29 is 13.7 Å². The number of nitrogens with one attached hydrogen (secondary N) is 1. The summed E-state index contributed by atoms with van der Waals surface area (Å²) in [4.78, 5) is 17.4.